The molecule has 2 heterocycles. The van der Waals surface area contributed by atoms with Gasteiger partial charge in [-0.3, -0.25) is 9.69 Å². The van der Waals surface area contributed by atoms with Crippen molar-refractivity contribution in [1.29, 1.82) is 0 Å². The van der Waals surface area contributed by atoms with Gasteiger partial charge in [-0.25, -0.2) is 0 Å². The van der Waals surface area contributed by atoms with Crippen LogP contribution in [0.3, 0.4) is 0 Å². The van der Waals surface area contributed by atoms with Crippen LogP contribution in [0.5, 0.6) is 0 Å². The number of hydrogen-bond donors (Lipinski definition) is 1. The average Bonchev–Trinajstić information content (AvgIpc) is 3.43. The predicted octanol–water partition coefficient (Wildman–Crippen LogP) is 3.33. The van der Waals surface area contributed by atoms with Gasteiger partial charge >= 0.3 is 0 Å². The van der Waals surface area contributed by atoms with Gasteiger partial charge in [0.05, 0.1) is 6.26 Å². The molecule has 1 unspecified atom stereocenters. The maximum atomic E-state index is 12.4. The maximum Gasteiger partial charge on any atom is 0.238 e. The number of carbonyl (C=O) groups is 1. The molecule has 0 aliphatic rings. The number of nitrogens with one attached hydrogen (secondary N) is 1. The van der Waals surface area contributed by atoms with Gasteiger partial charge < -0.3 is 14.3 Å². The zero-order chi connectivity index (χ0) is 20.5. The fourth-order valence-corrected chi connectivity index (χ4v) is 3.36. The fourth-order valence-electron chi connectivity index (χ4n) is 3.36. The highest BCUT2D eigenvalue weighted by molar-refractivity contribution is 5.76. The van der Waals surface area contributed by atoms with Gasteiger partial charge in [-0.15, -0.1) is 0 Å². The van der Waals surface area contributed by atoms with Crippen LogP contribution in [0.25, 0.3) is 11.6 Å². The molecule has 154 valence electrons. The van der Waals surface area contributed by atoms with E-state index >= 15 is 0 Å². The van der Waals surface area contributed by atoms with Gasteiger partial charge in [0.1, 0.15) is 0 Å². The molecule has 0 spiro atoms. The van der Waals surface area contributed by atoms with Crippen LogP contribution < -0.4 is 5.32 Å². The fraction of sp³-hybridized carbons (Fsp3) is 0.409. The van der Waals surface area contributed by atoms with Gasteiger partial charge in [0.2, 0.25) is 17.6 Å². The molecular formula is C22H28N4O3. The summed E-state index contributed by atoms with van der Waals surface area (Å²) < 4.78 is 10.5. The zero-order valence-electron chi connectivity index (χ0n) is 17.0. The lowest BCUT2D eigenvalue weighted by Gasteiger charge is -2.30. The van der Waals surface area contributed by atoms with E-state index in [1.807, 2.05) is 6.07 Å². The summed E-state index contributed by atoms with van der Waals surface area (Å²) in [5.74, 6) is 1.35. The number of nitrogens with zero attached hydrogens (tertiary/aromatic N) is 3. The van der Waals surface area contributed by atoms with Crippen LogP contribution in [0.4, 0.5) is 0 Å². The first kappa shape index (κ1) is 20.8. The highest BCUT2D eigenvalue weighted by Gasteiger charge is 2.18. The van der Waals surface area contributed by atoms with Crippen LogP contribution >= 0.6 is 0 Å². The van der Waals surface area contributed by atoms with Crippen LogP contribution in [0.15, 0.2) is 57.7 Å². The zero-order valence-corrected chi connectivity index (χ0v) is 17.0. The summed E-state index contributed by atoms with van der Waals surface area (Å²) in [6.45, 7) is 6.80. The van der Waals surface area contributed by atoms with Crippen molar-refractivity contribution in [3.05, 3.63) is 60.2 Å². The molecule has 29 heavy (non-hydrogen) atoms. The first-order valence-electron chi connectivity index (χ1n) is 10.1. The molecule has 0 aliphatic heterocycles. The predicted molar refractivity (Wildman–Crippen MR) is 110 cm³/mol. The van der Waals surface area contributed by atoms with Crippen LogP contribution in [-0.2, 0) is 17.6 Å². The SMILES string of the molecule is CCN(CC)C(CNC(=O)CCc1nc(-c2ccco2)no1)Cc1ccccc1. The summed E-state index contributed by atoms with van der Waals surface area (Å²) in [6, 6.07) is 14.2. The van der Waals surface area contributed by atoms with E-state index in [0.717, 1.165) is 19.5 Å². The monoisotopic (exact) mass is 396 g/mol. The molecule has 1 amide bonds. The summed E-state index contributed by atoms with van der Waals surface area (Å²) in [5, 5.41) is 6.95. The Balaban J connectivity index is 1.50. The molecule has 0 fully saturated rings. The molecule has 7 heteroatoms. The number of furan rings is 1. The minimum absolute atomic E-state index is 0.0204. The molecule has 3 aromatic rings. The van der Waals surface area contributed by atoms with E-state index in [1.165, 1.54) is 5.56 Å². The third kappa shape index (κ3) is 6.02. The summed E-state index contributed by atoms with van der Waals surface area (Å²) >= 11 is 0. The Bertz CT molecular complexity index is 857. The van der Waals surface area contributed by atoms with E-state index in [4.69, 9.17) is 8.94 Å². The molecule has 2 aromatic heterocycles. The number of rotatable bonds is 11. The van der Waals surface area contributed by atoms with Crippen molar-refractivity contribution in [2.24, 2.45) is 0 Å². The average molecular weight is 396 g/mol. The van der Waals surface area contributed by atoms with Gasteiger partial charge in [0.25, 0.3) is 0 Å². The van der Waals surface area contributed by atoms with Crippen molar-refractivity contribution in [3.63, 3.8) is 0 Å². The highest BCUT2D eigenvalue weighted by Crippen LogP contribution is 2.16. The Morgan fingerprint density at radius 2 is 1.93 bits per heavy atom. The summed E-state index contributed by atoms with van der Waals surface area (Å²) in [5.41, 5.74) is 1.27. The number of aryl methyl sites for hydroxylation is 1. The Morgan fingerprint density at radius 1 is 1.14 bits per heavy atom. The third-order valence-corrected chi connectivity index (χ3v) is 4.95. The van der Waals surface area contributed by atoms with Crippen LogP contribution in [0, 0.1) is 0 Å². The van der Waals surface area contributed by atoms with E-state index in [0.29, 0.717) is 36.9 Å². The Labute approximate surface area is 171 Å². The van der Waals surface area contributed by atoms with Crippen molar-refractivity contribution in [2.45, 2.75) is 39.2 Å². The normalized spacial score (nSPS) is 12.2. The van der Waals surface area contributed by atoms with Gasteiger partial charge in [0.15, 0.2) is 5.76 Å². The number of aromatic nitrogens is 2. The molecule has 1 aromatic carbocycles. The van der Waals surface area contributed by atoms with Gasteiger partial charge in [-0.05, 0) is 37.2 Å². The summed E-state index contributed by atoms with van der Waals surface area (Å²) in [7, 11) is 0. The van der Waals surface area contributed by atoms with Crippen molar-refractivity contribution in [2.75, 3.05) is 19.6 Å². The summed E-state index contributed by atoms with van der Waals surface area (Å²) in [6.07, 6.45) is 3.16. The second-order valence-electron chi connectivity index (χ2n) is 6.86. The molecule has 1 N–H and O–H groups in total. The number of amides is 1. The van der Waals surface area contributed by atoms with Crippen LogP contribution in [0.1, 0.15) is 31.7 Å². The van der Waals surface area contributed by atoms with Crippen molar-refractivity contribution in [1.82, 2.24) is 20.4 Å². The van der Waals surface area contributed by atoms with E-state index in [2.05, 4.69) is 58.5 Å². The number of hydrogen-bond acceptors (Lipinski definition) is 6. The van der Waals surface area contributed by atoms with E-state index < -0.39 is 0 Å². The number of carbonyl (C=O) groups excluding carboxylic acids is 1. The smallest absolute Gasteiger partial charge is 0.238 e. The van der Waals surface area contributed by atoms with E-state index in [-0.39, 0.29) is 11.9 Å². The standard InChI is InChI=1S/C22H28N4O3/c1-3-26(4-2)18(15-17-9-6-5-7-10-17)16-23-20(27)12-13-21-24-22(25-29-21)19-11-8-14-28-19/h5-11,14,18H,3-4,12-13,15-16H2,1-2H3,(H,23,27). The molecule has 0 saturated heterocycles. The Kier molecular flexibility index (Phi) is 7.58. The highest BCUT2D eigenvalue weighted by atomic mass is 16.5. The van der Waals surface area contributed by atoms with Crippen molar-refractivity contribution in [3.8, 4) is 11.6 Å². The molecular weight excluding hydrogens is 368 g/mol. The largest absolute Gasteiger partial charge is 0.461 e. The molecule has 0 aliphatic carbocycles. The van der Waals surface area contributed by atoms with Crippen LogP contribution in [-0.4, -0.2) is 46.6 Å². The molecule has 0 saturated carbocycles. The minimum atomic E-state index is -0.0204. The minimum Gasteiger partial charge on any atom is -0.461 e. The van der Waals surface area contributed by atoms with Crippen molar-refractivity contribution < 1.29 is 13.7 Å². The molecule has 3 rings (SSSR count). The molecule has 1 atom stereocenters. The maximum absolute atomic E-state index is 12.4. The second-order valence-corrected chi connectivity index (χ2v) is 6.86. The quantitative estimate of drug-likeness (QED) is 0.535. The lowest BCUT2D eigenvalue weighted by molar-refractivity contribution is -0.121. The Hall–Kier alpha value is -2.93. The van der Waals surface area contributed by atoms with Gasteiger partial charge in [-0.1, -0.05) is 49.3 Å². The Morgan fingerprint density at radius 3 is 2.62 bits per heavy atom. The van der Waals surface area contributed by atoms with E-state index in [1.54, 1.807) is 18.4 Å². The lowest BCUT2D eigenvalue weighted by atomic mass is 10.0. The first-order chi connectivity index (χ1) is 14.2. The lowest BCUT2D eigenvalue weighted by Crippen LogP contribution is -2.45. The molecule has 0 radical (unpaired) electrons. The second kappa shape index (κ2) is 10.6. The van der Waals surface area contributed by atoms with Crippen LogP contribution in [0.2, 0.25) is 0 Å². The third-order valence-electron chi connectivity index (χ3n) is 4.95. The topological polar surface area (TPSA) is 84.4 Å². The van der Waals surface area contributed by atoms with Crippen molar-refractivity contribution >= 4 is 5.91 Å². The number of likely N-dealkylation sites (N-methyl/N-ethyl adjacent to an activating group) is 1. The van der Waals surface area contributed by atoms with Gasteiger partial charge in [-0.2, -0.15) is 4.98 Å². The first-order valence-corrected chi connectivity index (χ1v) is 10.1. The van der Waals surface area contributed by atoms with E-state index in [9.17, 15) is 4.79 Å². The molecule has 0 bridgehead atoms. The summed E-state index contributed by atoms with van der Waals surface area (Å²) in [4.78, 5) is 19.0. The number of benzene rings is 1. The van der Waals surface area contributed by atoms with Gasteiger partial charge in [0, 0.05) is 25.4 Å². The molecule has 7 nitrogen and oxygen atoms in total.